The molecule has 0 radical (unpaired) electrons. The second kappa shape index (κ2) is 9.28. The van der Waals surface area contributed by atoms with Crippen LogP contribution in [0, 0.1) is 6.92 Å². The van der Waals surface area contributed by atoms with Crippen molar-refractivity contribution in [3.63, 3.8) is 0 Å². The minimum absolute atomic E-state index is 0.0632. The highest BCUT2D eigenvalue weighted by atomic mass is 79.9. The van der Waals surface area contributed by atoms with Crippen molar-refractivity contribution in [2.45, 2.75) is 13.0 Å². The van der Waals surface area contributed by atoms with Crippen molar-refractivity contribution in [3.05, 3.63) is 94.2 Å². The van der Waals surface area contributed by atoms with Gasteiger partial charge in [0.15, 0.2) is 0 Å². The third-order valence-corrected chi connectivity index (χ3v) is 5.48. The van der Waals surface area contributed by atoms with Crippen molar-refractivity contribution in [1.29, 1.82) is 0 Å². The molecule has 6 nitrogen and oxygen atoms in total. The van der Waals surface area contributed by atoms with Gasteiger partial charge in [-0.15, -0.1) is 0 Å². The van der Waals surface area contributed by atoms with E-state index in [2.05, 4.69) is 21.2 Å². The van der Waals surface area contributed by atoms with E-state index in [4.69, 9.17) is 13.9 Å². The highest BCUT2D eigenvalue weighted by Crippen LogP contribution is 2.30. The molecule has 0 aliphatic heterocycles. The Hall–Kier alpha value is -3.58. The fraction of sp³-hybridized carbons (Fsp3) is 0.120. The zero-order valence-electron chi connectivity index (χ0n) is 17.4. The molecule has 7 heteroatoms. The predicted octanol–water partition coefficient (Wildman–Crippen LogP) is 6.05. The van der Waals surface area contributed by atoms with Crippen LogP contribution in [0.2, 0.25) is 0 Å². The van der Waals surface area contributed by atoms with E-state index in [1.165, 1.54) is 0 Å². The maximum Gasteiger partial charge on any atom is 0.375 e. The van der Waals surface area contributed by atoms with Gasteiger partial charge in [0.2, 0.25) is 11.9 Å². The van der Waals surface area contributed by atoms with Crippen molar-refractivity contribution in [2.24, 2.45) is 0 Å². The fourth-order valence-corrected chi connectivity index (χ4v) is 3.72. The zero-order valence-corrected chi connectivity index (χ0v) is 19.0. The van der Waals surface area contributed by atoms with Gasteiger partial charge in [0.25, 0.3) is 5.91 Å². The van der Waals surface area contributed by atoms with Crippen LogP contribution < -0.4 is 10.1 Å². The number of ether oxygens (including phenoxy) is 2. The van der Waals surface area contributed by atoms with E-state index < -0.39 is 18.0 Å². The number of carbonyl (C=O) groups excluding carboxylic acids is 2. The van der Waals surface area contributed by atoms with Gasteiger partial charge in [-0.25, -0.2) is 4.79 Å². The highest BCUT2D eigenvalue weighted by Gasteiger charge is 2.29. The Morgan fingerprint density at radius 1 is 1.00 bits per heavy atom. The number of benzene rings is 3. The summed E-state index contributed by atoms with van der Waals surface area (Å²) in [5.74, 6) is -0.549. The number of hydrogen-bond donors (Lipinski definition) is 1. The molecule has 1 amide bonds. The first-order chi connectivity index (χ1) is 15.5. The first-order valence-corrected chi connectivity index (χ1v) is 10.6. The summed E-state index contributed by atoms with van der Waals surface area (Å²) in [6.07, 6.45) is -1.17. The van der Waals surface area contributed by atoms with Gasteiger partial charge >= 0.3 is 5.97 Å². The van der Waals surface area contributed by atoms with E-state index in [-0.39, 0.29) is 5.76 Å². The molecule has 0 unspecified atom stereocenters. The van der Waals surface area contributed by atoms with Crippen LogP contribution in [0.1, 0.15) is 27.8 Å². The molecule has 1 N–H and O–H groups in total. The van der Waals surface area contributed by atoms with E-state index >= 15 is 0 Å². The van der Waals surface area contributed by atoms with Crippen molar-refractivity contribution in [2.75, 3.05) is 12.4 Å². The van der Waals surface area contributed by atoms with Crippen molar-refractivity contribution in [3.8, 4) is 5.75 Å². The van der Waals surface area contributed by atoms with Gasteiger partial charge in [-0.1, -0.05) is 52.3 Å². The van der Waals surface area contributed by atoms with Gasteiger partial charge in [0, 0.05) is 32.7 Å². The molecule has 0 aliphatic rings. The lowest BCUT2D eigenvalue weighted by molar-refractivity contribution is -0.125. The molecule has 0 aliphatic carbocycles. The van der Waals surface area contributed by atoms with Gasteiger partial charge in [-0.3, -0.25) is 4.79 Å². The normalized spacial score (nSPS) is 11.7. The Kier molecular flexibility index (Phi) is 6.28. The van der Waals surface area contributed by atoms with Gasteiger partial charge in [0.05, 0.1) is 7.11 Å². The summed E-state index contributed by atoms with van der Waals surface area (Å²) >= 11 is 3.42. The number of halogens is 1. The van der Waals surface area contributed by atoms with Crippen LogP contribution in [0.4, 0.5) is 5.69 Å². The Morgan fingerprint density at radius 3 is 2.53 bits per heavy atom. The second-order valence-electron chi connectivity index (χ2n) is 7.11. The molecular weight excluding hydrogens is 474 g/mol. The summed E-state index contributed by atoms with van der Waals surface area (Å²) in [4.78, 5) is 26.1. The van der Waals surface area contributed by atoms with Crippen LogP contribution in [0.5, 0.6) is 5.75 Å². The molecule has 4 rings (SSSR count). The smallest absolute Gasteiger partial charge is 0.375 e. The number of anilines is 1. The van der Waals surface area contributed by atoms with E-state index in [0.717, 1.165) is 9.86 Å². The van der Waals surface area contributed by atoms with Crippen LogP contribution in [-0.4, -0.2) is 19.0 Å². The van der Waals surface area contributed by atoms with Gasteiger partial charge in [-0.2, -0.15) is 0 Å². The third kappa shape index (κ3) is 4.53. The molecule has 162 valence electrons. The summed E-state index contributed by atoms with van der Waals surface area (Å²) < 4.78 is 17.5. The Balaban J connectivity index is 1.63. The van der Waals surface area contributed by atoms with Crippen molar-refractivity contribution in [1.82, 2.24) is 0 Å². The van der Waals surface area contributed by atoms with Crippen LogP contribution in [0.15, 0.2) is 81.7 Å². The Bertz CT molecular complexity index is 1280. The number of methoxy groups -OCH3 is 1. The van der Waals surface area contributed by atoms with E-state index in [1.807, 2.05) is 18.2 Å². The average molecular weight is 494 g/mol. The molecule has 32 heavy (non-hydrogen) atoms. The van der Waals surface area contributed by atoms with Gasteiger partial charge in [0.1, 0.15) is 11.3 Å². The second-order valence-corrected chi connectivity index (χ2v) is 8.03. The molecule has 1 aromatic heterocycles. The number of carbonyl (C=O) groups is 2. The summed E-state index contributed by atoms with van der Waals surface area (Å²) in [6, 6.07) is 21.2. The summed E-state index contributed by atoms with van der Waals surface area (Å²) in [6.45, 7) is 1.78. The molecule has 0 saturated carbocycles. The maximum atomic E-state index is 13.1. The monoisotopic (exact) mass is 493 g/mol. The quantitative estimate of drug-likeness (QED) is 0.330. The summed E-state index contributed by atoms with van der Waals surface area (Å²) in [5, 5.41) is 3.58. The molecule has 3 aromatic carbocycles. The van der Waals surface area contributed by atoms with Crippen molar-refractivity contribution >= 4 is 44.5 Å². The van der Waals surface area contributed by atoms with Crippen molar-refractivity contribution < 1.29 is 23.5 Å². The number of aryl methyl sites for hydroxylation is 1. The first kappa shape index (κ1) is 21.6. The van der Waals surface area contributed by atoms with Crippen LogP contribution in [0.3, 0.4) is 0 Å². The number of hydrogen-bond acceptors (Lipinski definition) is 5. The van der Waals surface area contributed by atoms with Gasteiger partial charge < -0.3 is 19.2 Å². The van der Waals surface area contributed by atoms with Gasteiger partial charge in [-0.05, 0) is 37.3 Å². The number of esters is 1. The molecule has 0 bridgehead atoms. The number of amides is 1. The van der Waals surface area contributed by atoms with E-state index in [9.17, 15) is 9.59 Å². The number of nitrogens with one attached hydrogen (secondary N) is 1. The van der Waals surface area contributed by atoms with Crippen LogP contribution >= 0.6 is 15.9 Å². The zero-order chi connectivity index (χ0) is 22.7. The lowest BCUT2D eigenvalue weighted by Gasteiger charge is -2.18. The predicted molar refractivity (Wildman–Crippen MR) is 125 cm³/mol. The number of rotatable bonds is 6. The number of furan rings is 1. The van der Waals surface area contributed by atoms with E-state index in [0.29, 0.717) is 28.1 Å². The molecule has 0 saturated heterocycles. The molecular formula is C25H20BrNO5. The molecule has 1 heterocycles. The SMILES string of the molecule is COc1cccc(NC(=O)[C@H](OC(=O)c2oc3ccc(Br)cc3c2C)c2ccccc2)c1. The summed E-state index contributed by atoms with van der Waals surface area (Å²) in [5.41, 5.74) is 2.27. The summed E-state index contributed by atoms with van der Waals surface area (Å²) in [7, 11) is 1.55. The maximum absolute atomic E-state index is 13.1. The number of fused-ring (bicyclic) bond motifs is 1. The van der Waals surface area contributed by atoms with Crippen LogP contribution in [-0.2, 0) is 9.53 Å². The molecule has 0 fully saturated rings. The molecule has 4 aromatic rings. The Labute approximate surface area is 193 Å². The lowest BCUT2D eigenvalue weighted by atomic mass is 10.1. The molecule has 1 atom stereocenters. The minimum Gasteiger partial charge on any atom is -0.497 e. The highest BCUT2D eigenvalue weighted by molar-refractivity contribution is 9.10. The van der Waals surface area contributed by atoms with E-state index in [1.54, 1.807) is 68.6 Å². The molecule has 0 spiro atoms. The first-order valence-electron chi connectivity index (χ1n) is 9.86. The van der Waals surface area contributed by atoms with Crippen LogP contribution in [0.25, 0.3) is 11.0 Å². The minimum atomic E-state index is -1.17. The Morgan fingerprint density at radius 2 is 1.78 bits per heavy atom. The fourth-order valence-electron chi connectivity index (χ4n) is 3.36. The topological polar surface area (TPSA) is 77.8 Å². The standard InChI is InChI=1S/C25H20BrNO5/c1-15-20-13-17(26)11-12-21(20)31-22(15)25(29)32-23(16-7-4-3-5-8-16)24(28)27-18-9-6-10-19(14-18)30-2/h3-14,23H,1-2H3,(H,27,28)/t23-/m1/s1. The average Bonchev–Trinajstić information content (AvgIpc) is 3.13. The lowest BCUT2D eigenvalue weighted by Crippen LogP contribution is -2.26. The largest absolute Gasteiger partial charge is 0.497 e. The third-order valence-electron chi connectivity index (χ3n) is 4.99.